The number of aromatic nitrogens is 1. The van der Waals surface area contributed by atoms with Gasteiger partial charge in [0.1, 0.15) is 5.01 Å². The second-order valence-corrected chi connectivity index (χ2v) is 7.94. The van der Waals surface area contributed by atoms with E-state index in [4.69, 9.17) is 0 Å². The van der Waals surface area contributed by atoms with Gasteiger partial charge in [0.05, 0.1) is 11.8 Å². The van der Waals surface area contributed by atoms with Gasteiger partial charge >= 0.3 is 0 Å². The van der Waals surface area contributed by atoms with Crippen LogP contribution in [0.4, 0.5) is 0 Å². The molecule has 112 valence electrons. The highest BCUT2D eigenvalue weighted by molar-refractivity contribution is 7.99. The lowest BCUT2D eigenvalue weighted by atomic mass is 9.98. The van der Waals surface area contributed by atoms with Crippen molar-refractivity contribution in [3.8, 4) is 0 Å². The van der Waals surface area contributed by atoms with Crippen LogP contribution < -0.4 is 0 Å². The highest BCUT2D eigenvalue weighted by Crippen LogP contribution is 2.35. The predicted molar refractivity (Wildman–Crippen MR) is 91.0 cm³/mol. The van der Waals surface area contributed by atoms with Gasteiger partial charge in [-0.2, -0.15) is 0 Å². The van der Waals surface area contributed by atoms with Crippen LogP contribution in [0.2, 0.25) is 0 Å². The van der Waals surface area contributed by atoms with Crippen LogP contribution in [0.25, 0.3) is 0 Å². The Morgan fingerprint density at radius 1 is 1.48 bits per heavy atom. The Morgan fingerprint density at radius 3 is 3.14 bits per heavy atom. The van der Waals surface area contributed by atoms with Gasteiger partial charge in [0.2, 0.25) is 5.91 Å². The molecule has 0 radical (unpaired) electrons. The van der Waals surface area contributed by atoms with Crippen molar-refractivity contribution >= 4 is 40.3 Å². The highest BCUT2D eigenvalue weighted by Gasteiger charge is 2.29. The van der Waals surface area contributed by atoms with Crippen molar-refractivity contribution < 1.29 is 4.79 Å². The zero-order valence-corrected chi connectivity index (χ0v) is 14.4. The third kappa shape index (κ3) is 3.33. The van der Waals surface area contributed by atoms with E-state index in [9.17, 15) is 4.79 Å². The van der Waals surface area contributed by atoms with Crippen LogP contribution in [0, 0.1) is 0 Å². The molecule has 0 saturated heterocycles. The average Bonchev–Trinajstić information content (AvgIpc) is 3.16. The molecule has 0 aromatic carbocycles. The summed E-state index contributed by atoms with van der Waals surface area (Å²) in [6.45, 7) is 3.03. The summed E-state index contributed by atoms with van der Waals surface area (Å²) >= 11 is 5.14. The number of hydrogen-bond acceptors (Lipinski definition) is 5. The number of nitrogens with zero attached hydrogens (tertiary/aromatic N) is 2. The van der Waals surface area contributed by atoms with E-state index in [0.29, 0.717) is 5.75 Å². The van der Waals surface area contributed by atoms with E-state index >= 15 is 0 Å². The summed E-state index contributed by atoms with van der Waals surface area (Å²) in [5.41, 5.74) is 1.37. The molecule has 2 aromatic heterocycles. The third-order valence-electron chi connectivity index (χ3n) is 3.74. The maximum Gasteiger partial charge on any atom is 0.233 e. The molecule has 0 saturated carbocycles. The number of amides is 1. The van der Waals surface area contributed by atoms with Crippen LogP contribution in [0.5, 0.6) is 0 Å². The second-order valence-electron chi connectivity index (χ2n) is 4.98. The summed E-state index contributed by atoms with van der Waals surface area (Å²) in [4.78, 5) is 20.3. The predicted octanol–water partition coefficient (Wildman–Crippen LogP) is 3.97. The fourth-order valence-electron chi connectivity index (χ4n) is 2.77. The SMILES string of the molecule is CCC1c2ccsc2CCN1C(=O)CSCc1nccs1. The Bertz CT molecular complexity index is 594. The minimum Gasteiger partial charge on any atom is -0.335 e. The molecule has 0 fully saturated rings. The molecule has 0 spiro atoms. The first-order valence-electron chi connectivity index (χ1n) is 7.11. The molecule has 0 aliphatic carbocycles. The van der Waals surface area contributed by atoms with Crippen LogP contribution in [0.3, 0.4) is 0 Å². The molecule has 6 heteroatoms. The zero-order chi connectivity index (χ0) is 14.7. The number of thiophene rings is 1. The van der Waals surface area contributed by atoms with E-state index < -0.39 is 0 Å². The number of rotatable bonds is 5. The normalized spacial score (nSPS) is 17.8. The number of fused-ring (bicyclic) bond motifs is 1. The molecule has 1 aliphatic heterocycles. The first-order chi connectivity index (χ1) is 10.3. The Hall–Kier alpha value is -0.850. The summed E-state index contributed by atoms with van der Waals surface area (Å²) < 4.78 is 0. The molecule has 1 atom stereocenters. The molecule has 3 nitrogen and oxygen atoms in total. The molecular formula is C15H18N2OS3. The van der Waals surface area contributed by atoms with E-state index in [-0.39, 0.29) is 11.9 Å². The molecular weight excluding hydrogens is 320 g/mol. The Morgan fingerprint density at radius 2 is 2.38 bits per heavy atom. The maximum absolute atomic E-state index is 12.5. The van der Waals surface area contributed by atoms with Crippen molar-refractivity contribution in [2.24, 2.45) is 0 Å². The van der Waals surface area contributed by atoms with E-state index in [2.05, 4.69) is 28.3 Å². The van der Waals surface area contributed by atoms with Crippen LogP contribution in [-0.2, 0) is 17.0 Å². The summed E-state index contributed by atoms with van der Waals surface area (Å²) in [5, 5.41) is 5.23. The van der Waals surface area contributed by atoms with Gasteiger partial charge in [-0.3, -0.25) is 4.79 Å². The topological polar surface area (TPSA) is 33.2 Å². The van der Waals surface area contributed by atoms with Crippen LogP contribution in [-0.4, -0.2) is 28.1 Å². The minimum absolute atomic E-state index is 0.264. The fourth-order valence-corrected chi connectivity index (χ4v) is 5.31. The van der Waals surface area contributed by atoms with Gasteiger partial charge in [0, 0.05) is 28.8 Å². The van der Waals surface area contributed by atoms with Crippen molar-refractivity contribution in [3.63, 3.8) is 0 Å². The first-order valence-corrected chi connectivity index (χ1v) is 10.0. The number of hydrogen-bond donors (Lipinski definition) is 0. The second kappa shape index (κ2) is 6.94. The van der Waals surface area contributed by atoms with Crippen molar-refractivity contribution in [3.05, 3.63) is 38.5 Å². The summed E-state index contributed by atoms with van der Waals surface area (Å²) in [6.07, 6.45) is 3.82. The molecule has 21 heavy (non-hydrogen) atoms. The lowest BCUT2D eigenvalue weighted by Gasteiger charge is -2.35. The summed E-state index contributed by atoms with van der Waals surface area (Å²) in [7, 11) is 0. The monoisotopic (exact) mass is 338 g/mol. The Balaban J connectivity index is 1.59. The number of thioether (sulfide) groups is 1. The van der Waals surface area contributed by atoms with Gasteiger partial charge in [-0.1, -0.05) is 6.92 Å². The zero-order valence-electron chi connectivity index (χ0n) is 11.9. The molecule has 1 aliphatic rings. The molecule has 3 rings (SSSR count). The smallest absolute Gasteiger partial charge is 0.233 e. The van der Waals surface area contributed by atoms with Crippen LogP contribution in [0.15, 0.2) is 23.0 Å². The summed E-state index contributed by atoms with van der Waals surface area (Å²) in [5.74, 6) is 1.65. The van der Waals surface area contributed by atoms with Gasteiger partial charge in [-0.25, -0.2) is 4.98 Å². The van der Waals surface area contributed by atoms with E-state index in [0.717, 1.165) is 30.1 Å². The van der Waals surface area contributed by atoms with Gasteiger partial charge in [-0.15, -0.1) is 34.4 Å². The van der Waals surface area contributed by atoms with Gasteiger partial charge in [0.15, 0.2) is 0 Å². The molecule has 1 unspecified atom stereocenters. The van der Waals surface area contributed by atoms with Crippen molar-refractivity contribution in [1.82, 2.24) is 9.88 Å². The fraction of sp³-hybridized carbons (Fsp3) is 0.467. The standard InChI is InChI=1S/C15H18N2OS3/c1-2-12-11-4-7-20-13(11)3-6-17(12)15(18)10-19-9-14-16-5-8-21-14/h4-5,7-8,12H,2-3,6,9-10H2,1H3. The van der Waals surface area contributed by atoms with Crippen LogP contribution >= 0.6 is 34.4 Å². The van der Waals surface area contributed by atoms with E-state index in [1.165, 1.54) is 10.4 Å². The minimum atomic E-state index is 0.264. The third-order valence-corrected chi connectivity index (χ3v) is 6.62. The highest BCUT2D eigenvalue weighted by atomic mass is 32.2. The van der Waals surface area contributed by atoms with E-state index in [1.54, 1.807) is 23.1 Å². The quantitative estimate of drug-likeness (QED) is 0.827. The Kier molecular flexibility index (Phi) is 4.98. The maximum atomic E-state index is 12.5. The molecule has 0 bridgehead atoms. The number of thiazole rings is 1. The lowest BCUT2D eigenvalue weighted by Crippen LogP contribution is -2.40. The average molecular weight is 339 g/mol. The van der Waals surface area contributed by atoms with Gasteiger partial charge in [0.25, 0.3) is 0 Å². The first kappa shape index (κ1) is 15.1. The largest absolute Gasteiger partial charge is 0.335 e. The molecule has 2 aromatic rings. The van der Waals surface area contributed by atoms with E-state index in [1.807, 2.05) is 22.9 Å². The molecule has 3 heterocycles. The van der Waals surface area contributed by atoms with Crippen LogP contribution in [0.1, 0.15) is 34.8 Å². The van der Waals surface area contributed by atoms with Crippen molar-refractivity contribution in [2.45, 2.75) is 31.6 Å². The van der Waals surface area contributed by atoms with Gasteiger partial charge < -0.3 is 4.90 Å². The Labute approximate surface area is 137 Å². The molecule has 1 amide bonds. The summed E-state index contributed by atoms with van der Waals surface area (Å²) in [6, 6.07) is 2.46. The lowest BCUT2D eigenvalue weighted by molar-refractivity contribution is -0.131. The number of carbonyl (C=O) groups is 1. The van der Waals surface area contributed by atoms with Crippen molar-refractivity contribution in [1.29, 1.82) is 0 Å². The molecule has 0 N–H and O–H groups in total. The van der Waals surface area contributed by atoms with Gasteiger partial charge in [-0.05, 0) is 29.9 Å². The number of carbonyl (C=O) groups excluding carboxylic acids is 1. The van der Waals surface area contributed by atoms with Crippen molar-refractivity contribution in [2.75, 3.05) is 12.3 Å².